The van der Waals surface area contributed by atoms with Crippen LogP contribution in [0.3, 0.4) is 0 Å². The lowest BCUT2D eigenvalue weighted by molar-refractivity contribution is 0.409. The normalized spacial score (nSPS) is 14.5. The third-order valence-electron chi connectivity index (χ3n) is 6.42. The highest BCUT2D eigenvalue weighted by molar-refractivity contribution is 7.92. The Bertz CT molecular complexity index is 1540. The molecule has 0 unspecified atom stereocenters. The van der Waals surface area contributed by atoms with Crippen molar-refractivity contribution in [2.45, 2.75) is 37.0 Å². The molecule has 1 aliphatic rings. The van der Waals surface area contributed by atoms with Gasteiger partial charge in [-0.1, -0.05) is 30.8 Å². The predicted molar refractivity (Wildman–Crippen MR) is 129 cm³/mol. The molecule has 0 aliphatic heterocycles. The summed E-state index contributed by atoms with van der Waals surface area (Å²) in [5, 5.41) is 4.04. The lowest BCUT2D eigenvalue weighted by Gasteiger charge is -2.17. The molecule has 0 radical (unpaired) electrons. The molecule has 2 aromatic heterocycles. The number of hydrogen-bond acceptors (Lipinski definition) is 6. The molecule has 0 spiro atoms. The van der Waals surface area contributed by atoms with E-state index in [-0.39, 0.29) is 16.4 Å². The van der Waals surface area contributed by atoms with Crippen molar-refractivity contribution in [3.63, 3.8) is 0 Å². The molecule has 35 heavy (non-hydrogen) atoms. The Kier molecular flexibility index (Phi) is 6.06. The number of nitrogens with one attached hydrogen (secondary N) is 1. The fraction of sp³-hybridized carbons (Fsp3) is 0.280. The first-order chi connectivity index (χ1) is 16.9. The van der Waals surface area contributed by atoms with Crippen molar-refractivity contribution < 1.29 is 22.1 Å². The highest BCUT2D eigenvalue weighted by Gasteiger charge is 2.21. The molecule has 5 rings (SSSR count). The molecule has 1 saturated carbocycles. The van der Waals surface area contributed by atoms with Crippen LogP contribution >= 0.6 is 0 Å². The number of methoxy groups -OCH3 is 1. The zero-order chi connectivity index (χ0) is 24.6. The summed E-state index contributed by atoms with van der Waals surface area (Å²) in [7, 11) is -2.46. The Morgan fingerprint density at radius 2 is 1.94 bits per heavy atom. The second kappa shape index (κ2) is 9.18. The highest BCUT2D eigenvalue weighted by atomic mass is 32.2. The van der Waals surface area contributed by atoms with Gasteiger partial charge in [-0.25, -0.2) is 12.8 Å². The van der Waals surface area contributed by atoms with Crippen LogP contribution in [-0.4, -0.2) is 25.3 Å². The van der Waals surface area contributed by atoms with E-state index in [0.717, 1.165) is 12.8 Å². The van der Waals surface area contributed by atoms with E-state index in [1.807, 2.05) is 0 Å². The minimum absolute atomic E-state index is 0.0248. The number of hydrogen-bond donors (Lipinski definition) is 1. The summed E-state index contributed by atoms with van der Waals surface area (Å²) < 4.78 is 54.6. The van der Waals surface area contributed by atoms with Crippen LogP contribution in [0.4, 0.5) is 10.2 Å². The highest BCUT2D eigenvalue weighted by Crippen LogP contribution is 2.33. The number of fused-ring (bicyclic) bond motifs is 1. The molecule has 1 aliphatic carbocycles. The Morgan fingerprint density at radius 1 is 1.14 bits per heavy atom. The largest absolute Gasteiger partial charge is 0.495 e. The smallest absolute Gasteiger partial charge is 0.263 e. The number of aromatic nitrogens is 2. The molecule has 0 bridgehead atoms. The van der Waals surface area contributed by atoms with E-state index < -0.39 is 21.4 Å². The predicted octanol–water partition coefficient (Wildman–Crippen LogP) is 4.66. The first-order valence-electron chi connectivity index (χ1n) is 11.3. The van der Waals surface area contributed by atoms with Gasteiger partial charge in [0.2, 0.25) is 0 Å². The van der Waals surface area contributed by atoms with Gasteiger partial charge in [-0.3, -0.25) is 14.1 Å². The number of ether oxygens (including phenoxy) is 1. The van der Waals surface area contributed by atoms with E-state index >= 15 is 4.39 Å². The van der Waals surface area contributed by atoms with Crippen LogP contribution in [0.2, 0.25) is 0 Å². The zero-order valence-electron chi connectivity index (χ0n) is 19.0. The Labute approximate surface area is 201 Å². The van der Waals surface area contributed by atoms with Gasteiger partial charge in [-0.2, -0.15) is 0 Å². The minimum atomic E-state index is -3.94. The van der Waals surface area contributed by atoms with Crippen LogP contribution in [0.1, 0.15) is 31.2 Å². The summed E-state index contributed by atoms with van der Waals surface area (Å²) >= 11 is 0. The van der Waals surface area contributed by atoms with Crippen molar-refractivity contribution >= 4 is 26.7 Å². The lowest BCUT2D eigenvalue weighted by Crippen LogP contribution is -2.19. The molecule has 1 fully saturated rings. The van der Waals surface area contributed by atoms with Crippen LogP contribution in [0, 0.1) is 11.7 Å². The quantitative estimate of drug-likeness (QED) is 0.398. The molecule has 2 aromatic carbocycles. The molecule has 0 atom stereocenters. The van der Waals surface area contributed by atoms with Gasteiger partial charge in [0.25, 0.3) is 15.6 Å². The summed E-state index contributed by atoms with van der Waals surface area (Å²) in [4.78, 5) is 12.9. The van der Waals surface area contributed by atoms with Crippen LogP contribution in [0.5, 0.6) is 5.75 Å². The molecule has 0 saturated heterocycles. The van der Waals surface area contributed by atoms with Crippen molar-refractivity contribution in [2.24, 2.45) is 5.92 Å². The maximum absolute atomic E-state index is 15.2. The Morgan fingerprint density at radius 3 is 2.66 bits per heavy atom. The van der Waals surface area contributed by atoms with E-state index in [1.54, 1.807) is 6.07 Å². The average molecular weight is 498 g/mol. The first-order valence-corrected chi connectivity index (χ1v) is 12.8. The van der Waals surface area contributed by atoms with Crippen LogP contribution < -0.4 is 15.0 Å². The van der Waals surface area contributed by atoms with Crippen molar-refractivity contribution in [2.75, 3.05) is 11.8 Å². The van der Waals surface area contributed by atoms with Gasteiger partial charge < -0.3 is 9.26 Å². The van der Waals surface area contributed by atoms with Gasteiger partial charge in [0.05, 0.1) is 23.2 Å². The molecule has 10 heteroatoms. The van der Waals surface area contributed by atoms with Crippen LogP contribution in [0.15, 0.2) is 69.0 Å². The lowest BCUT2D eigenvalue weighted by atomic mass is 9.97. The number of rotatable bonds is 7. The van der Waals surface area contributed by atoms with E-state index in [1.165, 1.54) is 73.2 Å². The Hall–Kier alpha value is -3.66. The third-order valence-corrected chi connectivity index (χ3v) is 7.78. The SMILES string of the molecule is COc1cc(CC2CCCC2)c(F)cc1-n1c(=O)ccc2cc(S(=O)(=O)Nc3ccon3)ccc21. The summed E-state index contributed by atoms with van der Waals surface area (Å²) in [5.74, 6) is 0.477. The van der Waals surface area contributed by atoms with Crippen molar-refractivity contribution in [1.29, 1.82) is 0 Å². The van der Waals surface area contributed by atoms with Gasteiger partial charge >= 0.3 is 0 Å². The second-order valence-electron chi connectivity index (χ2n) is 8.69. The fourth-order valence-electron chi connectivity index (χ4n) is 4.71. The summed E-state index contributed by atoms with van der Waals surface area (Å²) in [6, 6.07) is 11.5. The summed E-state index contributed by atoms with van der Waals surface area (Å²) in [6.07, 6.45) is 6.39. The van der Waals surface area contributed by atoms with E-state index in [2.05, 4.69) is 14.4 Å². The first kappa shape index (κ1) is 23.1. The maximum Gasteiger partial charge on any atom is 0.263 e. The van der Waals surface area contributed by atoms with E-state index in [0.29, 0.717) is 34.6 Å². The van der Waals surface area contributed by atoms with Crippen molar-refractivity contribution in [1.82, 2.24) is 9.72 Å². The standard InChI is InChI=1S/C25H24FN3O5S/c1-33-23-14-18(12-16-4-2-3-5-16)20(26)15-22(23)29-21-8-7-19(13-17(21)6-9-25(29)30)35(31,32)28-24-10-11-34-27-24/h6-11,13-16H,2-5,12H2,1H3,(H,27,28). The number of sulfonamides is 1. The molecule has 182 valence electrons. The molecular weight excluding hydrogens is 473 g/mol. The average Bonchev–Trinajstić information content (AvgIpc) is 3.54. The summed E-state index contributed by atoms with van der Waals surface area (Å²) in [6.45, 7) is 0. The molecule has 4 aromatic rings. The van der Waals surface area contributed by atoms with Crippen molar-refractivity contribution in [3.8, 4) is 11.4 Å². The van der Waals surface area contributed by atoms with Gasteiger partial charge in [-0.15, -0.1) is 0 Å². The zero-order valence-corrected chi connectivity index (χ0v) is 19.8. The van der Waals surface area contributed by atoms with Gasteiger partial charge in [0.15, 0.2) is 5.82 Å². The van der Waals surface area contributed by atoms with E-state index in [4.69, 9.17) is 4.74 Å². The van der Waals surface area contributed by atoms with Gasteiger partial charge in [0.1, 0.15) is 17.8 Å². The molecule has 0 amide bonds. The number of nitrogens with zero attached hydrogens (tertiary/aromatic N) is 2. The monoisotopic (exact) mass is 497 g/mol. The summed E-state index contributed by atoms with van der Waals surface area (Å²) in [5.41, 5.74) is 0.847. The van der Waals surface area contributed by atoms with Gasteiger partial charge in [0, 0.05) is 23.6 Å². The molecule has 2 heterocycles. The molecule has 8 nitrogen and oxygen atoms in total. The second-order valence-corrected chi connectivity index (χ2v) is 10.4. The number of pyridine rings is 1. The number of anilines is 1. The van der Waals surface area contributed by atoms with Crippen LogP contribution in [-0.2, 0) is 16.4 Å². The van der Waals surface area contributed by atoms with Crippen LogP contribution in [0.25, 0.3) is 16.6 Å². The maximum atomic E-state index is 15.2. The number of halogens is 1. The topological polar surface area (TPSA) is 103 Å². The van der Waals surface area contributed by atoms with Gasteiger partial charge in [-0.05, 0) is 48.2 Å². The van der Waals surface area contributed by atoms with Crippen molar-refractivity contribution in [3.05, 3.63) is 76.5 Å². The van der Waals surface area contributed by atoms with E-state index in [9.17, 15) is 13.2 Å². The Balaban J connectivity index is 1.58. The third kappa shape index (κ3) is 4.53. The minimum Gasteiger partial charge on any atom is -0.495 e. The fourth-order valence-corrected chi connectivity index (χ4v) is 5.73. The molecule has 1 N–H and O–H groups in total. The number of benzene rings is 2. The molecular formula is C25H24FN3O5S.